The molecule has 5 rings (SSSR count). The molecule has 3 heterocycles. The number of nitrogens with zero attached hydrogens (tertiary/aromatic N) is 3. The van der Waals surface area contributed by atoms with Gasteiger partial charge in [-0.3, -0.25) is 9.47 Å². The van der Waals surface area contributed by atoms with Crippen molar-refractivity contribution >= 4 is 46.2 Å². The second-order valence-electron chi connectivity index (χ2n) is 8.63. The van der Waals surface area contributed by atoms with Gasteiger partial charge in [0.2, 0.25) is 0 Å². The predicted octanol–water partition coefficient (Wildman–Crippen LogP) is 6.45. The molecule has 1 N–H and O–H groups in total. The smallest absolute Gasteiger partial charge is 0.326 e. The van der Waals surface area contributed by atoms with Crippen molar-refractivity contribution in [1.29, 1.82) is 0 Å². The van der Waals surface area contributed by atoms with Crippen LogP contribution < -0.4 is 5.32 Å². The van der Waals surface area contributed by atoms with Gasteiger partial charge in [-0.05, 0) is 53.1 Å². The summed E-state index contributed by atoms with van der Waals surface area (Å²) in [5, 5.41) is 3.90. The van der Waals surface area contributed by atoms with Crippen LogP contribution in [0.4, 0.5) is 13.6 Å². The maximum absolute atomic E-state index is 14.4. The van der Waals surface area contributed by atoms with Crippen LogP contribution in [0.5, 0.6) is 0 Å². The number of hydrogen-bond acceptors (Lipinski definition) is 3. The van der Waals surface area contributed by atoms with Crippen LogP contribution in [-0.2, 0) is 19.5 Å². The highest BCUT2D eigenvalue weighted by atomic mass is 35.5. The number of rotatable bonds is 5. The van der Waals surface area contributed by atoms with E-state index in [1.54, 1.807) is 35.0 Å². The molecule has 5 nitrogen and oxygen atoms in total. The molecule has 0 saturated carbocycles. The van der Waals surface area contributed by atoms with Crippen molar-refractivity contribution in [2.45, 2.75) is 19.5 Å². The molecule has 0 unspecified atom stereocenters. The summed E-state index contributed by atoms with van der Waals surface area (Å²) < 4.78 is 29.2. The Morgan fingerprint density at radius 3 is 2.69 bits per heavy atom. The number of halogens is 4. The molecule has 2 aromatic carbocycles. The Morgan fingerprint density at radius 1 is 1.11 bits per heavy atom. The Morgan fingerprint density at radius 2 is 1.92 bits per heavy atom. The molecule has 36 heavy (non-hydrogen) atoms. The van der Waals surface area contributed by atoms with Gasteiger partial charge >= 0.3 is 6.03 Å². The van der Waals surface area contributed by atoms with Crippen LogP contribution in [0.3, 0.4) is 0 Å². The van der Waals surface area contributed by atoms with Gasteiger partial charge in [0.1, 0.15) is 16.8 Å². The zero-order valence-electron chi connectivity index (χ0n) is 19.1. The van der Waals surface area contributed by atoms with Crippen LogP contribution in [0.2, 0.25) is 10.2 Å². The van der Waals surface area contributed by atoms with Crippen molar-refractivity contribution in [3.63, 3.8) is 0 Å². The quantitative estimate of drug-likeness (QED) is 0.304. The number of amides is 1. The number of carbonyl (C=O) groups excluding carboxylic acids is 1. The Balaban J connectivity index is 1.40. The Labute approximate surface area is 216 Å². The lowest BCUT2D eigenvalue weighted by Gasteiger charge is -2.27. The fraction of sp³-hybridized carbons (Fsp3) is 0.185. The Hall–Kier alpha value is -3.26. The van der Waals surface area contributed by atoms with Gasteiger partial charge in [0.15, 0.2) is 0 Å². The van der Waals surface area contributed by atoms with E-state index in [0.29, 0.717) is 35.6 Å². The third-order valence-corrected chi connectivity index (χ3v) is 6.75. The SMILES string of the molecule is O=C(NCc1ccnc(Cl)c1)n1c2c(c3cc(F)c(Cl)cc31)CN(C/C=C/c1ccc(F)cc1)CC2. The highest BCUT2D eigenvalue weighted by Crippen LogP contribution is 2.34. The standard InChI is InChI=1S/C27H22Cl2F2N4O/c28-22-14-25-20(13-23(22)31)21-16-34(10-1-2-17-3-5-19(30)6-4-17)11-8-24(21)35(25)27(36)33-15-18-7-9-32-26(29)12-18/h1-7,9,12-14H,8,10-11,15-16H2,(H,33,36)/b2-1+. The first-order valence-electron chi connectivity index (χ1n) is 11.4. The van der Waals surface area contributed by atoms with Gasteiger partial charge in [-0.15, -0.1) is 0 Å². The molecule has 4 aromatic rings. The van der Waals surface area contributed by atoms with Gasteiger partial charge in [0.25, 0.3) is 0 Å². The van der Waals surface area contributed by atoms with Crippen molar-refractivity contribution in [2.24, 2.45) is 0 Å². The highest BCUT2D eigenvalue weighted by Gasteiger charge is 2.27. The van der Waals surface area contributed by atoms with E-state index in [4.69, 9.17) is 23.2 Å². The lowest BCUT2D eigenvalue weighted by atomic mass is 10.0. The van der Waals surface area contributed by atoms with Gasteiger partial charge in [-0.25, -0.2) is 18.6 Å². The molecular weight excluding hydrogens is 505 g/mol. The minimum atomic E-state index is -0.524. The molecule has 1 aliphatic heterocycles. The number of benzene rings is 2. The number of hydrogen-bond donors (Lipinski definition) is 1. The summed E-state index contributed by atoms with van der Waals surface area (Å²) in [4.78, 5) is 19.5. The molecule has 1 amide bonds. The zero-order chi connectivity index (χ0) is 25.2. The van der Waals surface area contributed by atoms with E-state index < -0.39 is 5.82 Å². The van der Waals surface area contributed by atoms with E-state index in [2.05, 4.69) is 15.2 Å². The van der Waals surface area contributed by atoms with Crippen LogP contribution in [0, 0.1) is 11.6 Å². The zero-order valence-corrected chi connectivity index (χ0v) is 20.7. The number of carbonyl (C=O) groups is 1. The first kappa shape index (κ1) is 24.4. The van der Waals surface area contributed by atoms with Crippen molar-refractivity contribution in [3.05, 3.63) is 105 Å². The minimum absolute atomic E-state index is 0.0357. The molecular formula is C27H22Cl2F2N4O. The normalized spacial score (nSPS) is 13.9. The van der Waals surface area contributed by atoms with Gasteiger partial charge in [0.05, 0.1) is 10.5 Å². The third-order valence-electron chi connectivity index (χ3n) is 6.25. The number of aromatic nitrogens is 2. The van der Waals surface area contributed by atoms with Gasteiger partial charge < -0.3 is 5.32 Å². The van der Waals surface area contributed by atoms with Crippen LogP contribution in [0.25, 0.3) is 17.0 Å². The van der Waals surface area contributed by atoms with Crippen LogP contribution in [0.1, 0.15) is 22.4 Å². The van der Waals surface area contributed by atoms with Crippen molar-refractivity contribution in [1.82, 2.24) is 19.8 Å². The lowest BCUT2D eigenvalue weighted by Crippen LogP contribution is -2.34. The molecule has 0 spiro atoms. The molecule has 0 bridgehead atoms. The van der Waals surface area contributed by atoms with Crippen molar-refractivity contribution in [3.8, 4) is 0 Å². The molecule has 0 radical (unpaired) electrons. The summed E-state index contributed by atoms with van der Waals surface area (Å²) in [6, 6.07) is 12.4. The summed E-state index contributed by atoms with van der Waals surface area (Å²) in [6.07, 6.45) is 6.15. The maximum atomic E-state index is 14.4. The lowest BCUT2D eigenvalue weighted by molar-refractivity contribution is 0.240. The van der Waals surface area contributed by atoms with Gasteiger partial charge in [-0.1, -0.05) is 47.5 Å². The topological polar surface area (TPSA) is 50.2 Å². The van der Waals surface area contributed by atoms with Crippen LogP contribution in [-0.4, -0.2) is 33.6 Å². The van der Waals surface area contributed by atoms with E-state index in [1.807, 2.05) is 12.2 Å². The van der Waals surface area contributed by atoms with E-state index >= 15 is 0 Å². The molecule has 2 aromatic heterocycles. The molecule has 0 atom stereocenters. The summed E-state index contributed by atoms with van der Waals surface area (Å²) in [6.45, 7) is 2.21. The highest BCUT2D eigenvalue weighted by molar-refractivity contribution is 6.31. The third kappa shape index (κ3) is 5.14. The summed E-state index contributed by atoms with van der Waals surface area (Å²) in [5.41, 5.74) is 4.05. The van der Waals surface area contributed by atoms with E-state index in [1.165, 1.54) is 24.3 Å². The predicted molar refractivity (Wildman–Crippen MR) is 138 cm³/mol. The largest absolute Gasteiger partial charge is 0.333 e. The molecule has 1 aliphatic rings. The molecule has 0 aliphatic carbocycles. The maximum Gasteiger partial charge on any atom is 0.326 e. The molecule has 0 fully saturated rings. The molecule has 9 heteroatoms. The van der Waals surface area contributed by atoms with Crippen molar-refractivity contribution in [2.75, 3.05) is 13.1 Å². The van der Waals surface area contributed by atoms with E-state index in [9.17, 15) is 13.6 Å². The fourth-order valence-electron chi connectivity index (χ4n) is 4.51. The number of nitrogens with one attached hydrogen (secondary N) is 1. The summed E-state index contributed by atoms with van der Waals surface area (Å²) >= 11 is 12.1. The monoisotopic (exact) mass is 526 g/mol. The van der Waals surface area contributed by atoms with Gasteiger partial charge in [0, 0.05) is 49.9 Å². The average molecular weight is 527 g/mol. The second-order valence-corrected chi connectivity index (χ2v) is 9.42. The number of pyridine rings is 1. The minimum Gasteiger partial charge on any atom is -0.333 e. The Kier molecular flexibility index (Phi) is 7.05. The van der Waals surface area contributed by atoms with Crippen molar-refractivity contribution < 1.29 is 13.6 Å². The molecule has 184 valence electrons. The molecule has 0 saturated heterocycles. The first-order valence-corrected chi connectivity index (χ1v) is 12.2. The fourth-order valence-corrected chi connectivity index (χ4v) is 4.87. The van der Waals surface area contributed by atoms with Crippen LogP contribution in [0.15, 0.2) is 60.8 Å². The van der Waals surface area contributed by atoms with E-state index in [0.717, 1.165) is 28.9 Å². The summed E-state index contributed by atoms with van der Waals surface area (Å²) in [7, 11) is 0. The average Bonchev–Trinajstić information content (AvgIpc) is 3.16. The van der Waals surface area contributed by atoms with E-state index in [-0.39, 0.29) is 23.4 Å². The second kappa shape index (κ2) is 10.4. The van der Waals surface area contributed by atoms with Crippen LogP contribution >= 0.6 is 23.2 Å². The first-order chi connectivity index (χ1) is 17.4. The number of fused-ring (bicyclic) bond motifs is 3. The summed E-state index contributed by atoms with van der Waals surface area (Å²) in [5.74, 6) is -0.794. The Bertz CT molecular complexity index is 1470. The van der Waals surface area contributed by atoms with Gasteiger partial charge in [-0.2, -0.15) is 0 Å².